The lowest BCUT2D eigenvalue weighted by Gasteiger charge is -2.20. The maximum absolute atomic E-state index is 13.4. The number of alkyl halides is 3. The van der Waals surface area contributed by atoms with Gasteiger partial charge in [0, 0.05) is 25.2 Å². The molecule has 0 aliphatic carbocycles. The zero-order valence-corrected chi connectivity index (χ0v) is 15.3. The van der Waals surface area contributed by atoms with Gasteiger partial charge in [0.15, 0.2) is 6.61 Å². The Kier molecular flexibility index (Phi) is 6.05. The monoisotopic (exact) mass is 410 g/mol. The number of carbonyl (C=O) groups excluding carboxylic acids is 2. The van der Waals surface area contributed by atoms with Gasteiger partial charge >= 0.3 is 6.18 Å². The van der Waals surface area contributed by atoms with Crippen LogP contribution in [0.15, 0.2) is 42.5 Å². The second kappa shape index (κ2) is 8.50. The SMILES string of the molecule is O=C(Cc1cccc(C(F)(F)F)c1)NCCN1Cc2cc(F)ccc2OCC1=O. The van der Waals surface area contributed by atoms with E-state index in [2.05, 4.69) is 5.32 Å². The maximum Gasteiger partial charge on any atom is 0.416 e. The number of hydrogen-bond acceptors (Lipinski definition) is 3. The molecule has 0 radical (unpaired) electrons. The molecule has 0 aromatic heterocycles. The fraction of sp³-hybridized carbons (Fsp3) is 0.300. The molecule has 9 heteroatoms. The molecule has 0 atom stereocenters. The van der Waals surface area contributed by atoms with Crippen molar-refractivity contribution in [3.8, 4) is 5.75 Å². The van der Waals surface area contributed by atoms with E-state index in [1.54, 1.807) is 0 Å². The van der Waals surface area contributed by atoms with Crippen LogP contribution in [0.1, 0.15) is 16.7 Å². The summed E-state index contributed by atoms with van der Waals surface area (Å²) in [5, 5.41) is 2.58. The van der Waals surface area contributed by atoms with E-state index in [0.717, 1.165) is 12.1 Å². The largest absolute Gasteiger partial charge is 0.483 e. The third-order valence-corrected chi connectivity index (χ3v) is 4.41. The molecule has 5 nitrogen and oxygen atoms in total. The molecule has 1 aliphatic rings. The molecule has 0 fully saturated rings. The first kappa shape index (κ1) is 20.6. The smallest absolute Gasteiger partial charge is 0.416 e. The van der Waals surface area contributed by atoms with Crippen LogP contribution in [0.3, 0.4) is 0 Å². The Morgan fingerprint density at radius 1 is 1.17 bits per heavy atom. The van der Waals surface area contributed by atoms with Gasteiger partial charge in [-0.25, -0.2) is 4.39 Å². The molecular formula is C20H18F4N2O3. The molecule has 2 aromatic rings. The average molecular weight is 410 g/mol. The molecular weight excluding hydrogens is 392 g/mol. The van der Waals surface area contributed by atoms with Gasteiger partial charge in [-0.05, 0) is 29.8 Å². The van der Waals surface area contributed by atoms with Gasteiger partial charge in [-0.15, -0.1) is 0 Å². The lowest BCUT2D eigenvalue weighted by molar-refractivity contribution is -0.137. The van der Waals surface area contributed by atoms with E-state index < -0.39 is 23.5 Å². The molecule has 0 unspecified atom stereocenters. The van der Waals surface area contributed by atoms with Crippen LogP contribution in [0.25, 0.3) is 0 Å². The predicted molar refractivity (Wildman–Crippen MR) is 95.5 cm³/mol. The number of ether oxygens (including phenoxy) is 1. The first-order valence-electron chi connectivity index (χ1n) is 8.84. The number of nitrogens with zero attached hydrogens (tertiary/aromatic N) is 1. The van der Waals surface area contributed by atoms with Crippen LogP contribution in [0, 0.1) is 5.82 Å². The topological polar surface area (TPSA) is 58.6 Å². The van der Waals surface area contributed by atoms with Crippen molar-refractivity contribution in [2.45, 2.75) is 19.1 Å². The zero-order valence-electron chi connectivity index (χ0n) is 15.3. The Morgan fingerprint density at radius 3 is 2.72 bits per heavy atom. The molecule has 0 spiro atoms. The second-order valence-corrected chi connectivity index (χ2v) is 6.58. The van der Waals surface area contributed by atoms with Gasteiger partial charge in [-0.2, -0.15) is 13.2 Å². The standard InChI is InChI=1S/C20H18F4N2O3/c21-16-4-5-17-14(10-16)11-26(19(28)12-29-17)7-6-25-18(27)9-13-2-1-3-15(8-13)20(22,23)24/h1-5,8,10H,6-7,9,11-12H2,(H,25,27). The van der Waals surface area contributed by atoms with Gasteiger partial charge in [0.1, 0.15) is 11.6 Å². The van der Waals surface area contributed by atoms with Gasteiger partial charge in [0.2, 0.25) is 5.91 Å². The summed E-state index contributed by atoms with van der Waals surface area (Å²) >= 11 is 0. The molecule has 3 rings (SSSR count). The van der Waals surface area contributed by atoms with Crippen LogP contribution in [0.5, 0.6) is 5.75 Å². The Morgan fingerprint density at radius 2 is 1.97 bits per heavy atom. The number of halogens is 4. The second-order valence-electron chi connectivity index (χ2n) is 6.58. The van der Waals surface area contributed by atoms with E-state index in [1.165, 1.54) is 35.2 Å². The normalized spacial score (nSPS) is 14.1. The number of benzene rings is 2. The molecule has 1 N–H and O–H groups in total. The number of carbonyl (C=O) groups is 2. The number of rotatable bonds is 5. The zero-order chi connectivity index (χ0) is 21.0. The first-order chi connectivity index (χ1) is 13.7. The lowest BCUT2D eigenvalue weighted by atomic mass is 10.1. The third kappa shape index (κ3) is 5.46. The summed E-state index contributed by atoms with van der Waals surface area (Å²) in [7, 11) is 0. The van der Waals surface area contributed by atoms with Crippen molar-refractivity contribution in [3.05, 3.63) is 65.0 Å². The number of hydrogen-bond donors (Lipinski definition) is 1. The summed E-state index contributed by atoms with van der Waals surface area (Å²) in [4.78, 5) is 25.6. The maximum atomic E-state index is 13.4. The third-order valence-electron chi connectivity index (χ3n) is 4.41. The van der Waals surface area contributed by atoms with Crippen molar-refractivity contribution < 1.29 is 31.9 Å². The highest BCUT2D eigenvalue weighted by atomic mass is 19.4. The molecule has 0 bridgehead atoms. The molecule has 1 heterocycles. The van der Waals surface area contributed by atoms with Crippen molar-refractivity contribution in [2.24, 2.45) is 0 Å². The quantitative estimate of drug-likeness (QED) is 0.772. The summed E-state index contributed by atoms with van der Waals surface area (Å²) in [5.74, 6) is -0.796. The molecule has 2 aromatic carbocycles. The highest BCUT2D eigenvalue weighted by Crippen LogP contribution is 2.29. The Labute approximate surface area is 164 Å². The minimum Gasteiger partial charge on any atom is -0.483 e. The number of amides is 2. The predicted octanol–water partition coefficient (Wildman–Crippen LogP) is 2.92. The van der Waals surface area contributed by atoms with Gasteiger partial charge in [0.05, 0.1) is 12.0 Å². The summed E-state index contributed by atoms with van der Waals surface area (Å²) in [6, 6.07) is 8.54. The molecule has 0 saturated heterocycles. The summed E-state index contributed by atoms with van der Waals surface area (Å²) in [6.07, 6.45) is -4.69. The van der Waals surface area contributed by atoms with Crippen LogP contribution in [0.2, 0.25) is 0 Å². The molecule has 29 heavy (non-hydrogen) atoms. The van der Waals surface area contributed by atoms with Crippen molar-refractivity contribution in [1.82, 2.24) is 10.2 Å². The first-order valence-corrected chi connectivity index (χ1v) is 8.84. The molecule has 2 amide bonds. The lowest BCUT2D eigenvalue weighted by Crippen LogP contribution is -2.39. The summed E-state index contributed by atoms with van der Waals surface area (Å²) in [5.41, 5.74) is -0.0593. The van der Waals surface area contributed by atoms with Crippen LogP contribution in [-0.4, -0.2) is 36.4 Å². The van der Waals surface area contributed by atoms with E-state index in [9.17, 15) is 27.2 Å². The van der Waals surface area contributed by atoms with Crippen molar-refractivity contribution >= 4 is 11.8 Å². The minimum absolute atomic E-state index is 0.105. The van der Waals surface area contributed by atoms with E-state index in [-0.39, 0.29) is 44.1 Å². The highest BCUT2D eigenvalue weighted by molar-refractivity contribution is 5.79. The van der Waals surface area contributed by atoms with E-state index in [1.807, 2.05) is 0 Å². The Balaban J connectivity index is 1.54. The fourth-order valence-corrected chi connectivity index (χ4v) is 2.98. The molecule has 0 saturated carbocycles. The number of nitrogens with one attached hydrogen (secondary N) is 1. The molecule has 154 valence electrons. The minimum atomic E-state index is -4.47. The van der Waals surface area contributed by atoms with Crippen LogP contribution in [-0.2, 0) is 28.7 Å². The van der Waals surface area contributed by atoms with Gasteiger partial charge in [-0.3, -0.25) is 9.59 Å². The summed E-state index contributed by atoms with van der Waals surface area (Å²) in [6.45, 7) is 0.201. The Hall–Kier alpha value is -3.10. The average Bonchev–Trinajstić information content (AvgIpc) is 2.80. The van der Waals surface area contributed by atoms with E-state index in [4.69, 9.17) is 4.74 Å². The van der Waals surface area contributed by atoms with Crippen LogP contribution in [0.4, 0.5) is 17.6 Å². The Bertz CT molecular complexity index is 915. The summed E-state index contributed by atoms with van der Waals surface area (Å²) < 4.78 is 57.0. The van der Waals surface area contributed by atoms with Crippen LogP contribution >= 0.6 is 0 Å². The van der Waals surface area contributed by atoms with Crippen LogP contribution < -0.4 is 10.1 Å². The van der Waals surface area contributed by atoms with Crippen molar-refractivity contribution in [3.63, 3.8) is 0 Å². The van der Waals surface area contributed by atoms with Gasteiger partial charge in [-0.1, -0.05) is 18.2 Å². The van der Waals surface area contributed by atoms with Crippen molar-refractivity contribution in [2.75, 3.05) is 19.7 Å². The molecule has 1 aliphatic heterocycles. The van der Waals surface area contributed by atoms with Crippen molar-refractivity contribution in [1.29, 1.82) is 0 Å². The highest BCUT2D eigenvalue weighted by Gasteiger charge is 2.30. The van der Waals surface area contributed by atoms with Gasteiger partial charge < -0.3 is 15.0 Å². The fourth-order valence-electron chi connectivity index (χ4n) is 2.98. The van der Waals surface area contributed by atoms with E-state index in [0.29, 0.717) is 11.3 Å². The number of fused-ring (bicyclic) bond motifs is 1. The van der Waals surface area contributed by atoms with E-state index >= 15 is 0 Å². The van der Waals surface area contributed by atoms with Gasteiger partial charge in [0.25, 0.3) is 5.91 Å².